The lowest BCUT2D eigenvalue weighted by Gasteiger charge is -2.37. The van der Waals surface area contributed by atoms with E-state index in [9.17, 15) is 18.8 Å². The van der Waals surface area contributed by atoms with Gasteiger partial charge in [0.2, 0.25) is 11.7 Å². The number of anilines is 4. The number of aryl methyl sites for hydroxylation is 1. The molecular weight excluding hydrogens is 575 g/mol. The summed E-state index contributed by atoms with van der Waals surface area (Å²) in [6, 6.07) is 3.76. The summed E-state index contributed by atoms with van der Waals surface area (Å²) in [5.74, 6) is -3.26. The van der Waals surface area contributed by atoms with E-state index >= 15 is 0 Å². The molecule has 15 heteroatoms. The standard InChI is InChI=1S/C29H31FN8O6/c1-36(2)18-7-9-38(10-8-18)22-12-23(42-4)21(34-29-31-14-19(30)27(35-29)17-13-32-37(3)15-17)11-20(22)33-28(41)24-16-43-25(39)5-6-26(40)44-24/h5-6,11-16,18H,7-10H2,1-4H3,(H,33,41)(H,31,34,35)/b6-5-,24-16-. The van der Waals surface area contributed by atoms with Crippen LogP contribution in [0.25, 0.3) is 11.3 Å². The molecule has 2 aliphatic rings. The summed E-state index contributed by atoms with van der Waals surface area (Å²) in [6.07, 6.45) is 8.45. The fourth-order valence-electron chi connectivity index (χ4n) is 4.85. The molecule has 14 nitrogen and oxygen atoms in total. The Morgan fingerprint density at radius 1 is 1.11 bits per heavy atom. The Kier molecular flexibility index (Phi) is 8.85. The van der Waals surface area contributed by atoms with Gasteiger partial charge in [-0.15, -0.1) is 0 Å². The number of ether oxygens (including phenoxy) is 3. The second-order valence-electron chi connectivity index (χ2n) is 10.3. The molecule has 1 aromatic carbocycles. The minimum atomic E-state index is -0.913. The van der Waals surface area contributed by atoms with Crippen LogP contribution in [-0.2, 0) is 30.9 Å². The molecule has 2 N–H and O–H groups in total. The van der Waals surface area contributed by atoms with E-state index in [0.29, 0.717) is 47.5 Å². The Hall–Kier alpha value is -5.31. The van der Waals surface area contributed by atoms with E-state index in [-0.39, 0.29) is 11.6 Å². The first-order chi connectivity index (χ1) is 21.1. The quantitative estimate of drug-likeness (QED) is 0.363. The SMILES string of the molecule is COc1cc(N2CCC(N(C)C)CC2)c(NC(=O)/C2=C/OC(=O)/C=C\C(=O)O2)cc1Nc1ncc(F)c(-c2cnn(C)c2)n1. The van der Waals surface area contributed by atoms with Gasteiger partial charge in [-0.2, -0.15) is 5.10 Å². The number of methoxy groups -OCH3 is 1. The first-order valence-corrected chi connectivity index (χ1v) is 13.6. The molecule has 2 aliphatic heterocycles. The van der Waals surface area contributed by atoms with Gasteiger partial charge in [-0.1, -0.05) is 0 Å². The number of amides is 1. The van der Waals surface area contributed by atoms with Gasteiger partial charge in [0.25, 0.3) is 5.91 Å². The van der Waals surface area contributed by atoms with E-state index in [1.165, 1.54) is 18.0 Å². The molecule has 1 saturated heterocycles. The normalized spacial score (nSPS) is 17.6. The number of nitrogens with zero attached hydrogens (tertiary/aromatic N) is 6. The van der Waals surface area contributed by atoms with Gasteiger partial charge < -0.3 is 34.6 Å². The minimum absolute atomic E-state index is 0.0464. The Morgan fingerprint density at radius 3 is 2.55 bits per heavy atom. The van der Waals surface area contributed by atoms with Crippen molar-refractivity contribution < 1.29 is 33.0 Å². The van der Waals surface area contributed by atoms with Crippen molar-refractivity contribution in [2.24, 2.45) is 7.05 Å². The number of aromatic nitrogens is 4. The highest BCUT2D eigenvalue weighted by Gasteiger charge is 2.26. The maximum Gasteiger partial charge on any atom is 0.336 e. The third-order valence-corrected chi connectivity index (χ3v) is 7.14. The molecule has 1 fully saturated rings. The number of hydrogen-bond acceptors (Lipinski definition) is 12. The van der Waals surface area contributed by atoms with E-state index in [2.05, 4.69) is 35.5 Å². The number of carbonyl (C=O) groups excluding carboxylic acids is 3. The summed E-state index contributed by atoms with van der Waals surface area (Å²) in [6.45, 7) is 1.38. The van der Waals surface area contributed by atoms with Crippen molar-refractivity contribution in [3.63, 3.8) is 0 Å². The van der Waals surface area contributed by atoms with Gasteiger partial charge in [-0.25, -0.2) is 23.9 Å². The monoisotopic (exact) mass is 606 g/mol. The topological polar surface area (TPSA) is 153 Å². The van der Waals surface area contributed by atoms with Crippen LogP contribution >= 0.6 is 0 Å². The number of nitrogens with one attached hydrogen (secondary N) is 2. The average molecular weight is 607 g/mol. The number of benzene rings is 1. The average Bonchev–Trinajstić information content (AvgIpc) is 3.44. The highest BCUT2D eigenvalue weighted by Crippen LogP contribution is 2.40. The lowest BCUT2D eigenvalue weighted by molar-refractivity contribution is -0.140. The molecule has 0 atom stereocenters. The second-order valence-corrected chi connectivity index (χ2v) is 10.3. The minimum Gasteiger partial charge on any atom is -0.494 e. The highest BCUT2D eigenvalue weighted by atomic mass is 19.1. The maximum atomic E-state index is 14.6. The molecular formula is C29H31FN8O6. The van der Waals surface area contributed by atoms with Crippen LogP contribution in [0.1, 0.15) is 12.8 Å². The molecule has 0 bridgehead atoms. The summed E-state index contributed by atoms with van der Waals surface area (Å²) in [4.78, 5) is 49.7. The zero-order valence-electron chi connectivity index (χ0n) is 24.5. The molecule has 1 amide bonds. The zero-order chi connectivity index (χ0) is 31.4. The molecule has 5 rings (SSSR count). The van der Waals surface area contributed by atoms with E-state index in [1.54, 1.807) is 25.4 Å². The van der Waals surface area contributed by atoms with E-state index in [4.69, 9.17) is 14.2 Å². The van der Waals surface area contributed by atoms with Crippen molar-refractivity contribution in [3.8, 4) is 17.0 Å². The third kappa shape index (κ3) is 6.83. The molecule has 4 heterocycles. The van der Waals surface area contributed by atoms with Gasteiger partial charge in [-0.3, -0.25) is 9.48 Å². The highest BCUT2D eigenvalue weighted by molar-refractivity contribution is 6.07. The third-order valence-electron chi connectivity index (χ3n) is 7.14. The Balaban J connectivity index is 1.50. The molecule has 0 unspecified atom stereocenters. The number of rotatable bonds is 8. The van der Waals surface area contributed by atoms with Crippen molar-refractivity contribution in [1.82, 2.24) is 24.6 Å². The Bertz CT molecular complexity index is 1640. The summed E-state index contributed by atoms with van der Waals surface area (Å²) in [7, 11) is 7.28. The van der Waals surface area contributed by atoms with Crippen molar-refractivity contribution in [1.29, 1.82) is 0 Å². The predicted octanol–water partition coefficient (Wildman–Crippen LogP) is 2.73. The fraction of sp³-hybridized carbons (Fsp3) is 0.310. The van der Waals surface area contributed by atoms with Crippen molar-refractivity contribution in [2.45, 2.75) is 18.9 Å². The molecule has 0 aliphatic carbocycles. The maximum absolute atomic E-state index is 14.6. The van der Waals surface area contributed by atoms with Gasteiger partial charge in [0.1, 0.15) is 17.7 Å². The number of esters is 2. The molecule has 2 aromatic heterocycles. The summed E-state index contributed by atoms with van der Waals surface area (Å²) in [5.41, 5.74) is 1.84. The number of hydrogen-bond donors (Lipinski definition) is 2. The van der Waals surface area contributed by atoms with Crippen LogP contribution in [0.3, 0.4) is 0 Å². The van der Waals surface area contributed by atoms with Gasteiger partial charge in [0.15, 0.2) is 5.82 Å². The van der Waals surface area contributed by atoms with Gasteiger partial charge in [0.05, 0.1) is 36.6 Å². The molecule has 0 radical (unpaired) electrons. The second kappa shape index (κ2) is 12.9. The summed E-state index contributed by atoms with van der Waals surface area (Å²) < 4.78 is 31.8. The number of cyclic esters (lactones) is 2. The number of halogens is 1. The molecule has 0 spiro atoms. The van der Waals surface area contributed by atoms with Crippen LogP contribution < -0.4 is 20.3 Å². The molecule has 230 valence electrons. The van der Waals surface area contributed by atoms with Gasteiger partial charge in [0, 0.05) is 56.2 Å². The molecule has 0 saturated carbocycles. The lowest BCUT2D eigenvalue weighted by atomic mass is 10.0. The van der Waals surface area contributed by atoms with Gasteiger partial charge in [-0.05, 0) is 33.0 Å². The van der Waals surface area contributed by atoms with Crippen LogP contribution in [0.2, 0.25) is 0 Å². The summed E-state index contributed by atoms with van der Waals surface area (Å²) in [5, 5.41) is 9.89. The van der Waals surface area contributed by atoms with Crippen LogP contribution in [0.5, 0.6) is 5.75 Å². The first-order valence-electron chi connectivity index (χ1n) is 13.6. The molecule has 44 heavy (non-hydrogen) atoms. The van der Waals surface area contributed by atoms with Crippen LogP contribution in [-0.4, -0.2) is 82.8 Å². The van der Waals surface area contributed by atoms with Crippen molar-refractivity contribution >= 4 is 40.9 Å². The number of piperidine rings is 1. The predicted molar refractivity (Wildman–Crippen MR) is 157 cm³/mol. The fourth-order valence-corrected chi connectivity index (χ4v) is 4.85. The zero-order valence-corrected chi connectivity index (χ0v) is 24.5. The van der Waals surface area contributed by atoms with Crippen LogP contribution in [0, 0.1) is 5.82 Å². The smallest absolute Gasteiger partial charge is 0.336 e. The largest absolute Gasteiger partial charge is 0.494 e. The van der Waals surface area contributed by atoms with E-state index in [1.807, 2.05) is 14.1 Å². The summed E-state index contributed by atoms with van der Waals surface area (Å²) >= 11 is 0. The van der Waals surface area contributed by atoms with E-state index < -0.39 is 29.4 Å². The van der Waals surface area contributed by atoms with Crippen molar-refractivity contribution in [2.75, 3.05) is 49.8 Å². The van der Waals surface area contributed by atoms with E-state index in [0.717, 1.165) is 37.5 Å². The van der Waals surface area contributed by atoms with Crippen molar-refractivity contribution in [3.05, 3.63) is 60.7 Å². The lowest BCUT2D eigenvalue weighted by Crippen LogP contribution is -2.42. The Morgan fingerprint density at radius 2 is 1.86 bits per heavy atom. The Labute approximate surface area is 252 Å². The van der Waals surface area contributed by atoms with Crippen LogP contribution in [0.15, 0.2) is 54.9 Å². The first kappa shape index (κ1) is 30.2. The molecule has 3 aromatic rings. The van der Waals surface area contributed by atoms with Gasteiger partial charge >= 0.3 is 11.9 Å². The number of carbonyl (C=O) groups is 3. The van der Waals surface area contributed by atoms with Crippen LogP contribution in [0.4, 0.5) is 27.4 Å².